The smallest absolute Gasteiger partial charge is 0.333 e. The third kappa shape index (κ3) is 4.40. The summed E-state index contributed by atoms with van der Waals surface area (Å²) in [6.07, 6.45) is 6.04. The molecule has 2 aromatic rings. The van der Waals surface area contributed by atoms with Crippen molar-refractivity contribution in [3.05, 3.63) is 58.1 Å². The number of fused-ring (bicyclic) bond motifs is 2. The minimum Gasteiger partial charge on any atom is -0.379 e. The number of hydrogen-bond donors (Lipinski definition) is 2. The van der Waals surface area contributed by atoms with Crippen LogP contribution in [-0.4, -0.2) is 45.7 Å². The standard InChI is InChI=1S/C24H29N3O4S/c28-24(25-23-21-5-1-3-18(21)15-19-4-2-6-22(19)23)26-32(29,30)20-9-7-17(8-10-20)16-27-11-13-31-14-12-27/h7-10,15H,1-6,11-14,16H2,(H2,25,26,28). The first-order valence-electron chi connectivity index (χ1n) is 11.4. The molecular formula is C24H29N3O4S. The number of carbonyl (C=O) groups excluding carboxylic acids is 1. The minimum atomic E-state index is -3.95. The molecule has 0 saturated carbocycles. The Morgan fingerprint density at radius 2 is 1.56 bits per heavy atom. The first kappa shape index (κ1) is 21.4. The molecule has 3 aliphatic rings. The number of carbonyl (C=O) groups is 1. The summed E-state index contributed by atoms with van der Waals surface area (Å²) in [6.45, 7) is 3.93. The number of sulfonamides is 1. The molecule has 0 aromatic heterocycles. The summed E-state index contributed by atoms with van der Waals surface area (Å²) in [6, 6.07) is 8.31. The zero-order valence-electron chi connectivity index (χ0n) is 18.2. The zero-order valence-corrected chi connectivity index (χ0v) is 19.0. The van der Waals surface area contributed by atoms with Crippen LogP contribution in [0.3, 0.4) is 0 Å². The Morgan fingerprint density at radius 3 is 2.19 bits per heavy atom. The highest BCUT2D eigenvalue weighted by atomic mass is 32.2. The summed E-state index contributed by atoms with van der Waals surface area (Å²) in [5, 5.41) is 2.89. The molecule has 1 fully saturated rings. The third-order valence-corrected chi connectivity index (χ3v) is 8.03. The number of hydrogen-bond acceptors (Lipinski definition) is 5. The fourth-order valence-electron chi connectivity index (χ4n) is 5.08. The van der Waals surface area contributed by atoms with Gasteiger partial charge in [0, 0.05) is 25.3 Å². The van der Waals surface area contributed by atoms with Crippen molar-refractivity contribution in [3.8, 4) is 0 Å². The van der Waals surface area contributed by atoms with E-state index in [0.717, 1.165) is 82.6 Å². The number of nitrogens with zero attached hydrogens (tertiary/aromatic N) is 1. The molecule has 2 aliphatic carbocycles. The monoisotopic (exact) mass is 455 g/mol. The topological polar surface area (TPSA) is 87.7 Å². The van der Waals surface area contributed by atoms with Gasteiger partial charge in [-0.2, -0.15) is 0 Å². The van der Waals surface area contributed by atoms with E-state index in [4.69, 9.17) is 4.74 Å². The number of aryl methyl sites for hydroxylation is 2. The van der Waals surface area contributed by atoms with E-state index in [1.165, 1.54) is 22.3 Å². The second-order valence-corrected chi connectivity index (χ2v) is 10.5. The number of rotatable bonds is 5. The number of amides is 2. The Balaban J connectivity index is 1.28. The first-order chi connectivity index (χ1) is 15.5. The second kappa shape index (κ2) is 8.84. The molecule has 0 atom stereocenters. The molecule has 2 N–H and O–H groups in total. The lowest BCUT2D eigenvalue weighted by molar-refractivity contribution is 0.0342. The summed E-state index contributed by atoms with van der Waals surface area (Å²) in [7, 11) is -3.95. The molecule has 0 radical (unpaired) electrons. The highest BCUT2D eigenvalue weighted by molar-refractivity contribution is 7.90. The molecule has 170 valence electrons. The van der Waals surface area contributed by atoms with Gasteiger partial charge in [-0.05, 0) is 78.5 Å². The zero-order chi connectivity index (χ0) is 22.1. The van der Waals surface area contributed by atoms with Crippen LogP contribution in [-0.2, 0) is 47.0 Å². The van der Waals surface area contributed by atoms with E-state index < -0.39 is 16.1 Å². The van der Waals surface area contributed by atoms with E-state index in [-0.39, 0.29) is 4.90 Å². The fourth-order valence-corrected chi connectivity index (χ4v) is 5.99. The van der Waals surface area contributed by atoms with Crippen LogP contribution in [0.4, 0.5) is 10.5 Å². The number of morpholine rings is 1. The van der Waals surface area contributed by atoms with Gasteiger partial charge in [0.2, 0.25) is 0 Å². The Labute approximate surface area is 189 Å². The van der Waals surface area contributed by atoms with Gasteiger partial charge in [0.1, 0.15) is 0 Å². The molecule has 0 bridgehead atoms. The Hall–Kier alpha value is -2.42. The van der Waals surface area contributed by atoms with Crippen LogP contribution >= 0.6 is 0 Å². The van der Waals surface area contributed by atoms with Gasteiger partial charge in [-0.1, -0.05) is 18.2 Å². The van der Waals surface area contributed by atoms with Gasteiger partial charge >= 0.3 is 6.03 Å². The highest BCUT2D eigenvalue weighted by Gasteiger charge is 2.26. The molecule has 32 heavy (non-hydrogen) atoms. The average Bonchev–Trinajstić information content (AvgIpc) is 3.44. The Kier molecular flexibility index (Phi) is 5.92. The normalized spacial score (nSPS) is 18.2. The molecule has 2 aromatic carbocycles. The van der Waals surface area contributed by atoms with Gasteiger partial charge in [0.15, 0.2) is 0 Å². The quantitative estimate of drug-likeness (QED) is 0.724. The maximum Gasteiger partial charge on any atom is 0.333 e. The van der Waals surface area contributed by atoms with E-state index in [2.05, 4.69) is 21.0 Å². The molecule has 2 amide bonds. The molecule has 1 aliphatic heterocycles. The number of ether oxygens (including phenoxy) is 1. The number of benzene rings is 2. The van der Waals surface area contributed by atoms with Crippen LogP contribution in [0, 0.1) is 0 Å². The van der Waals surface area contributed by atoms with Gasteiger partial charge in [-0.25, -0.2) is 17.9 Å². The van der Waals surface area contributed by atoms with Crippen molar-refractivity contribution < 1.29 is 17.9 Å². The summed E-state index contributed by atoms with van der Waals surface area (Å²) >= 11 is 0. The number of nitrogens with one attached hydrogen (secondary N) is 2. The van der Waals surface area contributed by atoms with Crippen molar-refractivity contribution in [1.82, 2.24) is 9.62 Å². The third-order valence-electron chi connectivity index (χ3n) is 6.68. The van der Waals surface area contributed by atoms with E-state index >= 15 is 0 Å². The van der Waals surface area contributed by atoms with Gasteiger partial charge in [0.05, 0.1) is 18.1 Å². The number of urea groups is 1. The summed E-state index contributed by atoms with van der Waals surface area (Å²) in [4.78, 5) is 15.1. The maximum absolute atomic E-state index is 12.8. The van der Waals surface area contributed by atoms with Gasteiger partial charge < -0.3 is 10.1 Å². The van der Waals surface area contributed by atoms with E-state index in [1.54, 1.807) is 24.3 Å². The van der Waals surface area contributed by atoms with Crippen molar-refractivity contribution in [2.24, 2.45) is 0 Å². The lowest BCUT2D eigenvalue weighted by Gasteiger charge is -2.26. The SMILES string of the molecule is O=C(Nc1c2c(cc3c1CCC3)CCC2)NS(=O)(=O)c1ccc(CN2CCOCC2)cc1. The second-order valence-electron chi connectivity index (χ2n) is 8.83. The van der Waals surface area contributed by atoms with Crippen LogP contribution in [0.25, 0.3) is 0 Å². The van der Waals surface area contributed by atoms with Crippen molar-refractivity contribution >= 4 is 21.7 Å². The van der Waals surface area contributed by atoms with Crippen molar-refractivity contribution in [1.29, 1.82) is 0 Å². The Bertz CT molecular complexity index is 1090. The van der Waals surface area contributed by atoms with Crippen molar-refractivity contribution in [3.63, 3.8) is 0 Å². The molecule has 8 heteroatoms. The van der Waals surface area contributed by atoms with Crippen LogP contribution in [0.2, 0.25) is 0 Å². The molecule has 7 nitrogen and oxygen atoms in total. The van der Waals surface area contributed by atoms with Crippen molar-refractivity contribution in [2.45, 2.75) is 50.0 Å². The molecule has 0 unspecified atom stereocenters. The summed E-state index contributed by atoms with van der Waals surface area (Å²) in [5.41, 5.74) is 6.79. The van der Waals surface area contributed by atoms with Gasteiger partial charge in [0.25, 0.3) is 10.0 Å². The number of anilines is 1. The van der Waals surface area contributed by atoms with E-state index in [9.17, 15) is 13.2 Å². The predicted molar refractivity (Wildman–Crippen MR) is 122 cm³/mol. The lowest BCUT2D eigenvalue weighted by Crippen LogP contribution is -2.36. The summed E-state index contributed by atoms with van der Waals surface area (Å²) < 4.78 is 33.2. The molecule has 1 saturated heterocycles. The van der Waals surface area contributed by atoms with Crippen LogP contribution in [0.5, 0.6) is 0 Å². The summed E-state index contributed by atoms with van der Waals surface area (Å²) in [5.74, 6) is 0. The molecule has 5 rings (SSSR count). The lowest BCUT2D eigenvalue weighted by atomic mass is 9.99. The van der Waals surface area contributed by atoms with Crippen LogP contribution in [0.15, 0.2) is 35.2 Å². The largest absolute Gasteiger partial charge is 0.379 e. The van der Waals surface area contributed by atoms with Gasteiger partial charge in [-0.15, -0.1) is 0 Å². The predicted octanol–water partition coefficient (Wildman–Crippen LogP) is 3.01. The Morgan fingerprint density at radius 1 is 0.938 bits per heavy atom. The first-order valence-corrected chi connectivity index (χ1v) is 12.9. The van der Waals surface area contributed by atoms with E-state index in [1.807, 2.05) is 0 Å². The maximum atomic E-state index is 12.8. The van der Waals surface area contributed by atoms with Crippen molar-refractivity contribution in [2.75, 3.05) is 31.6 Å². The van der Waals surface area contributed by atoms with Crippen LogP contribution < -0.4 is 10.0 Å². The average molecular weight is 456 g/mol. The fraction of sp³-hybridized carbons (Fsp3) is 0.458. The molecular weight excluding hydrogens is 426 g/mol. The molecule has 0 spiro atoms. The minimum absolute atomic E-state index is 0.0851. The van der Waals surface area contributed by atoms with E-state index in [0.29, 0.717) is 0 Å². The highest BCUT2D eigenvalue weighted by Crippen LogP contribution is 2.38. The molecule has 1 heterocycles. The van der Waals surface area contributed by atoms with Crippen LogP contribution in [0.1, 0.15) is 40.7 Å². The van der Waals surface area contributed by atoms with Gasteiger partial charge in [-0.3, -0.25) is 4.90 Å².